The summed E-state index contributed by atoms with van der Waals surface area (Å²) in [5.74, 6) is -1.37. The highest BCUT2D eigenvalue weighted by molar-refractivity contribution is 6.33. The second-order valence-corrected chi connectivity index (χ2v) is 13.1. The Balaban J connectivity index is 1.38. The van der Waals surface area contributed by atoms with Crippen LogP contribution in [-0.2, 0) is 0 Å². The lowest BCUT2D eigenvalue weighted by Crippen LogP contribution is -2.41. The first-order valence-electron chi connectivity index (χ1n) is 15.0. The molecule has 3 aliphatic rings. The molecule has 2 saturated heterocycles. The monoisotopic (exact) mass is 644 g/mol. The Morgan fingerprint density at radius 3 is 1.66 bits per heavy atom. The molecular formula is C32H32Cl2F2N4O4. The third-order valence-electron chi connectivity index (χ3n) is 9.84. The van der Waals surface area contributed by atoms with Gasteiger partial charge in [0.05, 0.1) is 21.9 Å². The Labute approximate surface area is 263 Å². The summed E-state index contributed by atoms with van der Waals surface area (Å²) in [7, 11) is 0. The largest absolute Gasteiger partial charge is 0.367 e. The summed E-state index contributed by atoms with van der Waals surface area (Å²) in [5, 5.41) is 23.3. The summed E-state index contributed by atoms with van der Waals surface area (Å²) in [6, 6.07) is 10.5. The van der Waals surface area contributed by atoms with Crippen LogP contribution in [0.15, 0.2) is 48.5 Å². The van der Waals surface area contributed by atoms with Crippen molar-refractivity contribution in [2.75, 3.05) is 22.9 Å². The zero-order valence-corrected chi connectivity index (χ0v) is 25.5. The molecular weight excluding hydrogens is 613 g/mol. The van der Waals surface area contributed by atoms with Crippen LogP contribution in [0.4, 0.5) is 31.5 Å². The van der Waals surface area contributed by atoms with Crippen molar-refractivity contribution >= 4 is 46.0 Å². The van der Waals surface area contributed by atoms with Crippen LogP contribution in [0.2, 0.25) is 10.0 Å². The van der Waals surface area contributed by atoms with Gasteiger partial charge in [0, 0.05) is 30.9 Å². The molecule has 3 fully saturated rings. The van der Waals surface area contributed by atoms with E-state index < -0.39 is 33.6 Å². The molecule has 0 unspecified atom stereocenters. The third-order valence-corrected chi connectivity index (χ3v) is 10.5. The SMILES string of the molecule is O=[N+]([O-])c1cc([C@H]2CC[C@H](c3ccc(Cl)c([N+](=O)[O-])c3)N2c2cc(F)c(N3CCC4(CCCCC4)CC3)c(F)c2)ccc1Cl. The number of benzene rings is 3. The highest BCUT2D eigenvalue weighted by Gasteiger charge is 2.40. The number of nitro groups is 2. The molecule has 0 aromatic heterocycles. The van der Waals surface area contributed by atoms with Crippen LogP contribution in [-0.4, -0.2) is 22.9 Å². The molecule has 44 heavy (non-hydrogen) atoms. The smallest absolute Gasteiger partial charge is 0.288 e. The molecule has 0 amide bonds. The minimum absolute atomic E-state index is 0.0221. The highest BCUT2D eigenvalue weighted by Crippen LogP contribution is 2.50. The predicted octanol–water partition coefficient (Wildman–Crippen LogP) is 9.72. The van der Waals surface area contributed by atoms with E-state index in [2.05, 4.69) is 0 Å². The summed E-state index contributed by atoms with van der Waals surface area (Å²) < 4.78 is 31.9. The van der Waals surface area contributed by atoms with Crippen molar-refractivity contribution < 1.29 is 18.6 Å². The van der Waals surface area contributed by atoms with Gasteiger partial charge in [-0.3, -0.25) is 20.2 Å². The van der Waals surface area contributed by atoms with Crippen LogP contribution in [0.3, 0.4) is 0 Å². The Morgan fingerprint density at radius 2 is 1.20 bits per heavy atom. The van der Waals surface area contributed by atoms with Gasteiger partial charge < -0.3 is 9.80 Å². The number of piperidine rings is 1. The fraction of sp³-hybridized carbons (Fsp3) is 0.438. The first kappa shape index (κ1) is 30.5. The maximum atomic E-state index is 16.0. The van der Waals surface area contributed by atoms with Crippen molar-refractivity contribution in [1.29, 1.82) is 0 Å². The lowest BCUT2D eigenvalue weighted by Gasteiger charge is -2.45. The van der Waals surface area contributed by atoms with Crippen molar-refractivity contribution in [3.63, 3.8) is 0 Å². The standard InChI is InChI=1S/C32H32Cl2F2N4O4/c33-23-6-4-20(16-29(23)39(41)42)27-8-9-28(21-5-7-24(34)30(17-21)40(43)44)38(27)22-18-25(35)31(26(36)19-22)37-14-12-32(13-15-37)10-2-1-3-11-32/h4-7,16-19,27-28H,1-3,8-15H2/t27-,28-/m1/s1. The normalized spacial score (nSPS) is 21.5. The van der Waals surface area contributed by atoms with E-state index in [-0.39, 0.29) is 38.2 Å². The fourth-order valence-corrected chi connectivity index (χ4v) is 7.96. The van der Waals surface area contributed by atoms with Gasteiger partial charge in [-0.2, -0.15) is 0 Å². The molecule has 3 aromatic rings. The van der Waals surface area contributed by atoms with E-state index in [4.69, 9.17) is 23.2 Å². The molecule has 1 aliphatic carbocycles. The topological polar surface area (TPSA) is 92.8 Å². The van der Waals surface area contributed by atoms with Gasteiger partial charge in [0.15, 0.2) is 11.6 Å². The van der Waals surface area contributed by atoms with E-state index in [0.29, 0.717) is 37.1 Å². The second-order valence-electron chi connectivity index (χ2n) is 12.3. The van der Waals surface area contributed by atoms with E-state index in [1.54, 1.807) is 21.9 Å². The Morgan fingerprint density at radius 1 is 0.727 bits per heavy atom. The second kappa shape index (κ2) is 12.1. The van der Waals surface area contributed by atoms with Crippen LogP contribution in [0, 0.1) is 37.3 Å². The highest BCUT2D eigenvalue weighted by atomic mass is 35.5. The molecule has 12 heteroatoms. The quantitative estimate of drug-likeness (QED) is 0.196. The summed E-state index contributed by atoms with van der Waals surface area (Å²) in [6.45, 7) is 1.18. The molecule has 1 spiro atoms. The van der Waals surface area contributed by atoms with Crippen LogP contribution in [0.25, 0.3) is 0 Å². The third kappa shape index (κ3) is 5.70. The van der Waals surface area contributed by atoms with E-state index in [1.165, 1.54) is 68.5 Å². The number of nitrogens with zero attached hydrogens (tertiary/aromatic N) is 4. The van der Waals surface area contributed by atoms with Gasteiger partial charge >= 0.3 is 0 Å². The number of hydrogen-bond acceptors (Lipinski definition) is 6. The zero-order chi connectivity index (χ0) is 31.2. The number of hydrogen-bond donors (Lipinski definition) is 0. The molecule has 232 valence electrons. The van der Waals surface area contributed by atoms with Crippen LogP contribution >= 0.6 is 23.2 Å². The van der Waals surface area contributed by atoms with Crippen molar-refractivity contribution in [3.8, 4) is 0 Å². The summed E-state index contributed by atoms with van der Waals surface area (Å²) in [5.41, 5.74) is 1.02. The van der Waals surface area contributed by atoms with Gasteiger partial charge in [-0.1, -0.05) is 54.6 Å². The Bertz CT molecular complexity index is 1510. The summed E-state index contributed by atoms with van der Waals surface area (Å²) >= 11 is 12.2. The van der Waals surface area contributed by atoms with Gasteiger partial charge in [-0.05, 0) is 79.3 Å². The van der Waals surface area contributed by atoms with Crippen molar-refractivity contribution in [1.82, 2.24) is 0 Å². The zero-order valence-electron chi connectivity index (χ0n) is 24.0. The van der Waals surface area contributed by atoms with Crippen LogP contribution in [0.1, 0.15) is 81.0 Å². The van der Waals surface area contributed by atoms with Gasteiger partial charge in [-0.15, -0.1) is 0 Å². The maximum Gasteiger partial charge on any atom is 0.288 e. The van der Waals surface area contributed by atoms with E-state index in [0.717, 1.165) is 12.8 Å². The Hall–Kier alpha value is -3.50. The molecule has 8 nitrogen and oxygen atoms in total. The van der Waals surface area contributed by atoms with E-state index in [9.17, 15) is 20.2 Å². The molecule has 0 N–H and O–H groups in total. The minimum Gasteiger partial charge on any atom is -0.367 e. The lowest BCUT2D eigenvalue weighted by atomic mass is 9.68. The first-order valence-corrected chi connectivity index (χ1v) is 15.7. The van der Waals surface area contributed by atoms with Crippen LogP contribution < -0.4 is 9.80 Å². The maximum absolute atomic E-state index is 16.0. The van der Waals surface area contributed by atoms with E-state index in [1.807, 2.05) is 0 Å². The summed E-state index contributed by atoms with van der Waals surface area (Å²) in [6.07, 6.45) is 8.79. The van der Waals surface area contributed by atoms with Crippen LogP contribution in [0.5, 0.6) is 0 Å². The molecule has 3 aromatic carbocycles. The van der Waals surface area contributed by atoms with Gasteiger partial charge in [0.2, 0.25) is 0 Å². The minimum atomic E-state index is -0.687. The van der Waals surface area contributed by atoms with E-state index >= 15 is 8.78 Å². The number of nitro benzene ring substituents is 2. The molecule has 6 rings (SSSR count). The van der Waals surface area contributed by atoms with Crippen molar-refractivity contribution in [2.45, 2.75) is 69.9 Å². The first-order chi connectivity index (χ1) is 21.1. The molecule has 2 atom stereocenters. The van der Waals surface area contributed by atoms with Gasteiger partial charge in [0.25, 0.3) is 11.4 Å². The molecule has 2 heterocycles. The molecule has 2 aliphatic heterocycles. The average molecular weight is 646 g/mol. The molecule has 0 bridgehead atoms. The number of anilines is 2. The average Bonchev–Trinajstić information content (AvgIpc) is 3.44. The number of rotatable bonds is 6. The fourth-order valence-electron chi connectivity index (χ4n) is 7.59. The predicted molar refractivity (Wildman–Crippen MR) is 167 cm³/mol. The van der Waals surface area contributed by atoms with Gasteiger partial charge in [0.1, 0.15) is 15.7 Å². The van der Waals surface area contributed by atoms with Crippen molar-refractivity contribution in [3.05, 3.63) is 102 Å². The molecule has 0 radical (unpaired) electrons. The Kier molecular flexibility index (Phi) is 8.41. The summed E-state index contributed by atoms with van der Waals surface area (Å²) in [4.78, 5) is 25.8. The van der Waals surface area contributed by atoms with Crippen molar-refractivity contribution in [2.24, 2.45) is 5.41 Å². The van der Waals surface area contributed by atoms with Gasteiger partial charge in [-0.25, -0.2) is 8.78 Å². The number of halogens is 4. The lowest BCUT2D eigenvalue weighted by molar-refractivity contribution is -0.384. The molecule has 1 saturated carbocycles.